The third kappa shape index (κ3) is 8.53. The molecule has 0 bridgehead atoms. The molecule has 0 aromatic heterocycles. The Morgan fingerprint density at radius 3 is 2.25 bits per heavy atom. The normalized spacial score (nSPS) is 14.7. The highest BCUT2D eigenvalue weighted by molar-refractivity contribution is 7.92. The molecule has 0 radical (unpaired) electrons. The summed E-state index contributed by atoms with van der Waals surface area (Å²) in [5, 5.41) is 2.47. The molecule has 0 aliphatic heterocycles. The van der Waals surface area contributed by atoms with Crippen molar-refractivity contribution in [1.29, 1.82) is 0 Å². The number of carbonyl (C=O) groups is 2. The first kappa shape index (κ1) is 33.3. The lowest BCUT2D eigenvalue weighted by Gasteiger charge is -2.34. The van der Waals surface area contributed by atoms with Crippen LogP contribution >= 0.6 is 11.6 Å². The van der Waals surface area contributed by atoms with Gasteiger partial charge in [-0.1, -0.05) is 79.0 Å². The SMILES string of the molecule is Cc1ccccc1CN(C(=O)CN(c1ccc(Cl)c(C(F)(F)F)c1)S(C)(=O)=O)C(Cc1ccccc1)C(=O)NC1CCCC1. The maximum absolute atomic E-state index is 14.2. The van der Waals surface area contributed by atoms with Crippen molar-refractivity contribution in [2.45, 2.75) is 63.8 Å². The van der Waals surface area contributed by atoms with Crippen molar-refractivity contribution in [2.75, 3.05) is 17.1 Å². The monoisotopic (exact) mass is 649 g/mol. The molecule has 7 nitrogen and oxygen atoms in total. The summed E-state index contributed by atoms with van der Waals surface area (Å²) in [6, 6.07) is 18.0. The van der Waals surface area contributed by atoms with Crippen LogP contribution in [0.4, 0.5) is 18.9 Å². The van der Waals surface area contributed by atoms with E-state index in [1.54, 1.807) is 6.07 Å². The van der Waals surface area contributed by atoms with Gasteiger partial charge in [-0.15, -0.1) is 0 Å². The molecule has 0 spiro atoms. The molecule has 0 saturated heterocycles. The first-order chi connectivity index (χ1) is 20.7. The van der Waals surface area contributed by atoms with Crippen LogP contribution < -0.4 is 9.62 Å². The van der Waals surface area contributed by atoms with Crippen molar-refractivity contribution >= 4 is 39.1 Å². The van der Waals surface area contributed by atoms with Crippen LogP contribution in [0.2, 0.25) is 5.02 Å². The molecule has 4 rings (SSSR count). The summed E-state index contributed by atoms with van der Waals surface area (Å²) in [4.78, 5) is 29.4. The van der Waals surface area contributed by atoms with Gasteiger partial charge < -0.3 is 10.2 Å². The quantitative estimate of drug-likeness (QED) is 0.271. The van der Waals surface area contributed by atoms with Crippen LogP contribution in [0.1, 0.15) is 47.9 Å². The number of rotatable bonds is 11. The summed E-state index contributed by atoms with van der Waals surface area (Å²) in [7, 11) is -4.25. The zero-order valence-corrected chi connectivity index (χ0v) is 26.1. The number of anilines is 1. The van der Waals surface area contributed by atoms with Crippen LogP contribution in [0.5, 0.6) is 0 Å². The van der Waals surface area contributed by atoms with Crippen molar-refractivity contribution in [3.05, 3.63) is 100 Å². The molecular formula is C32H35ClF3N3O4S. The van der Waals surface area contributed by atoms with E-state index < -0.39 is 45.3 Å². The Morgan fingerprint density at radius 2 is 1.64 bits per heavy atom. The first-order valence-electron chi connectivity index (χ1n) is 14.3. The molecule has 1 saturated carbocycles. The number of amides is 2. The lowest BCUT2D eigenvalue weighted by atomic mass is 10.0. The fraction of sp³-hybridized carbons (Fsp3) is 0.375. The molecular weight excluding hydrogens is 615 g/mol. The van der Waals surface area contributed by atoms with Crippen LogP contribution in [0.3, 0.4) is 0 Å². The Morgan fingerprint density at radius 1 is 1.00 bits per heavy atom. The van der Waals surface area contributed by atoms with E-state index >= 15 is 0 Å². The number of nitrogens with one attached hydrogen (secondary N) is 1. The average Bonchev–Trinajstić information content (AvgIpc) is 3.47. The van der Waals surface area contributed by atoms with Gasteiger partial charge in [0, 0.05) is 19.0 Å². The second-order valence-corrected chi connectivity index (χ2v) is 13.4. The number of aryl methyl sites for hydroxylation is 1. The van der Waals surface area contributed by atoms with Gasteiger partial charge in [0.1, 0.15) is 12.6 Å². The van der Waals surface area contributed by atoms with E-state index in [1.165, 1.54) is 4.90 Å². The molecule has 1 N–H and O–H groups in total. The second-order valence-electron chi connectivity index (χ2n) is 11.1. The lowest BCUT2D eigenvalue weighted by Crippen LogP contribution is -2.54. The van der Waals surface area contributed by atoms with Crippen molar-refractivity contribution in [1.82, 2.24) is 10.2 Å². The highest BCUT2D eigenvalue weighted by Gasteiger charge is 2.37. The minimum Gasteiger partial charge on any atom is -0.352 e. The van der Waals surface area contributed by atoms with Gasteiger partial charge in [0.15, 0.2) is 0 Å². The van der Waals surface area contributed by atoms with Gasteiger partial charge in [-0.3, -0.25) is 13.9 Å². The summed E-state index contributed by atoms with van der Waals surface area (Å²) in [6.45, 7) is 1.01. The highest BCUT2D eigenvalue weighted by atomic mass is 35.5. The lowest BCUT2D eigenvalue weighted by molar-refractivity contribution is -0.140. The van der Waals surface area contributed by atoms with Gasteiger partial charge in [0.2, 0.25) is 21.8 Å². The molecule has 1 atom stereocenters. The fourth-order valence-electron chi connectivity index (χ4n) is 5.39. The zero-order chi connectivity index (χ0) is 32.1. The standard InChI is InChI=1S/C32H35ClF3N3O4S/c1-22-10-6-7-13-24(22)20-38(29(18-23-11-4-3-5-12-23)31(41)37-25-14-8-9-15-25)30(40)21-39(44(2,42)43)26-16-17-28(33)27(19-26)32(34,35)36/h3-7,10-13,16-17,19,25,29H,8-9,14-15,18,20-21H2,1-2H3,(H,37,41). The molecule has 1 fully saturated rings. The minimum atomic E-state index is -4.85. The first-order valence-corrected chi connectivity index (χ1v) is 16.5. The smallest absolute Gasteiger partial charge is 0.352 e. The van der Waals surface area contributed by atoms with Gasteiger partial charge in [-0.25, -0.2) is 8.42 Å². The number of alkyl halides is 3. The molecule has 0 heterocycles. The Kier molecular flexibility index (Phi) is 10.6. The van der Waals surface area contributed by atoms with E-state index in [2.05, 4.69) is 5.32 Å². The Balaban J connectivity index is 1.76. The molecule has 12 heteroatoms. The number of benzene rings is 3. The van der Waals surface area contributed by atoms with Crippen molar-refractivity contribution in [2.24, 2.45) is 0 Å². The molecule has 44 heavy (non-hydrogen) atoms. The van der Waals surface area contributed by atoms with E-state index in [4.69, 9.17) is 11.6 Å². The third-order valence-corrected chi connectivity index (χ3v) is 9.27. The fourth-order valence-corrected chi connectivity index (χ4v) is 6.46. The summed E-state index contributed by atoms with van der Waals surface area (Å²) in [5.41, 5.74) is 0.779. The summed E-state index contributed by atoms with van der Waals surface area (Å²) in [6.07, 6.45) is -0.312. The Hall–Kier alpha value is -3.57. The number of sulfonamides is 1. The Labute approximate surface area is 261 Å². The van der Waals surface area contributed by atoms with Crippen molar-refractivity contribution < 1.29 is 31.2 Å². The second kappa shape index (κ2) is 14.0. The van der Waals surface area contributed by atoms with Gasteiger partial charge in [0.25, 0.3) is 0 Å². The van der Waals surface area contributed by atoms with Gasteiger partial charge in [0.05, 0.1) is 22.5 Å². The van der Waals surface area contributed by atoms with Crippen LogP contribution in [0.15, 0.2) is 72.8 Å². The molecule has 2 amide bonds. The number of halogens is 4. The van der Waals surface area contributed by atoms with Gasteiger partial charge in [-0.05, 0) is 54.7 Å². The minimum absolute atomic E-state index is 0.0207. The third-order valence-electron chi connectivity index (χ3n) is 7.80. The maximum atomic E-state index is 14.2. The molecule has 1 unspecified atom stereocenters. The van der Waals surface area contributed by atoms with Crippen LogP contribution in [-0.4, -0.2) is 50.0 Å². The van der Waals surface area contributed by atoms with Crippen molar-refractivity contribution in [3.8, 4) is 0 Å². The van der Waals surface area contributed by atoms with Crippen LogP contribution in [-0.2, 0) is 38.8 Å². The topological polar surface area (TPSA) is 86.8 Å². The molecule has 1 aliphatic carbocycles. The van der Waals surface area contributed by atoms with E-state index in [1.807, 2.05) is 55.5 Å². The van der Waals surface area contributed by atoms with Crippen molar-refractivity contribution in [3.63, 3.8) is 0 Å². The highest BCUT2D eigenvalue weighted by Crippen LogP contribution is 2.37. The zero-order valence-electron chi connectivity index (χ0n) is 24.5. The Bertz CT molecular complexity index is 1580. The van der Waals surface area contributed by atoms with Crippen LogP contribution in [0, 0.1) is 6.92 Å². The van der Waals surface area contributed by atoms with Crippen LogP contribution in [0.25, 0.3) is 0 Å². The van der Waals surface area contributed by atoms with E-state index in [0.717, 1.165) is 60.8 Å². The number of nitrogens with zero attached hydrogens (tertiary/aromatic N) is 2. The number of carbonyl (C=O) groups excluding carboxylic acids is 2. The molecule has 236 valence electrons. The van der Waals surface area contributed by atoms with E-state index in [0.29, 0.717) is 10.4 Å². The van der Waals surface area contributed by atoms with Gasteiger partial charge in [-0.2, -0.15) is 13.2 Å². The predicted octanol–water partition coefficient (Wildman–Crippen LogP) is 6.13. The van der Waals surface area contributed by atoms with Gasteiger partial charge >= 0.3 is 6.18 Å². The maximum Gasteiger partial charge on any atom is 0.417 e. The van der Waals surface area contributed by atoms with E-state index in [-0.39, 0.29) is 30.6 Å². The average molecular weight is 650 g/mol. The largest absolute Gasteiger partial charge is 0.417 e. The summed E-state index contributed by atoms with van der Waals surface area (Å²) < 4.78 is 67.4. The number of hydrogen-bond acceptors (Lipinski definition) is 4. The number of hydrogen-bond donors (Lipinski definition) is 1. The molecule has 1 aliphatic rings. The summed E-state index contributed by atoms with van der Waals surface area (Å²) in [5.74, 6) is -1.12. The summed E-state index contributed by atoms with van der Waals surface area (Å²) >= 11 is 5.78. The van der Waals surface area contributed by atoms with E-state index in [9.17, 15) is 31.2 Å². The molecule has 3 aromatic rings. The predicted molar refractivity (Wildman–Crippen MR) is 165 cm³/mol. The molecule has 3 aromatic carbocycles.